The van der Waals surface area contributed by atoms with E-state index in [4.69, 9.17) is 16.9 Å². The van der Waals surface area contributed by atoms with Crippen LogP contribution in [-0.4, -0.2) is 22.1 Å². The molecule has 178 valence electrons. The molecule has 0 saturated carbocycles. The minimum Gasteiger partial charge on any atom is -0.382 e. The molecule has 0 aliphatic carbocycles. The van der Waals surface area contributed by atoms with Gasteiger partial charge in [-0.2, -0.15) is 5.26 Å². The molecule has 0 bridgehead atoms. The molecule has 9 heteroatoms. The van der Waals surface area contributed by atoms with Gasteiger partial charge >= 0.3 is 0 Å². The number of aliphatic hydroxyl groups excluding tert-OH is 1. The molecular formula is C26H24ClN4O3S+. The standard InChI is InChI=1S/C26H23ClN4O3S/c1-31-15-22(25(34)30-12-17-4-8-19(27)9-5-17)24(33)21-10-20(35-26(21)31)13-29-14-23(32)18-6-2-16(11-28)3-7-18/h2-10,15,23,29,32H,12-14H2,1H3,(H,30,34)/p+1/t23-/m1/s1. The number of nitrogens with one attached hydrogen (secondary N) is 1. The molecule has 0 fully saturated rings. The lowest BCUT2D eigenvalue weighted by molar-refractivity contribution is -0.677. The average Bonchev–Trinajstić information content (AvgIpc) is 3.31. The third-order valence-electron chi connectivity index (χ3n) is 5.67. The smallest absolute Gasteiger partial charge is 0.257 e. The highest BCUT2D eigenvalue weighted by atomic mass is 35.5. The summed E-state index contributed by atoms with van der Waals surface area (Å²) in [4.78, 5) is 27.5. The van der Waals surface area contributed by atoms with E-state index >= 15 is 0 Å². The lowest BCUT2D eigenvalue weighted by atomic mass is 10.1. The van der Waals surface area contributed by atoms with Gasteiger partial charge in [0, 0.05) is 24.8 Å². The molecule has 4 rings (SSSR count). The Morgan fingerprint density at radius 2 is 1.94 bits per heavy atom. The maximum atomic E-state index is 13.1. The number of fused-ring (bicyclic) bond motifs is 1. The molecule has 1 amide bonds. The first-order chi connectivity index (χ1) is 16.9. The van der Waals surface area contributed by atoms with Crippen molar-refractivity contribution in [1.29, 1.82) is 5.26 Å². The molecule has 0 aliphatic rings. The Morgan fingerprint density at radius 3 is 2.63 bits per heavy atom. The van der Waals surface area contributed by atoms with Gasteiger partial charge in [-0.15, -0.1) is 11.3 Å². The van der Waals surface area contributed by atoms with Crippen LogP contribution in [0.4, 0.5) is 0 Å². The zero-order valence-corrected chi connectivity index (χ0v) is 20.6. The molecular weight excluding hydrogens is 484 g/mol. The first-order valence-electron chi connectivity index (χ1n) is 11.0. The van der Waals surface area contributed by atoms with Gasteiger partial charge < -0.3 is 20.3 Å². The number of aromatic nitrogens is 1. The molecule has 0 saturated heterocycles. The normalized spacial score (nSPS) is 11.8. The van der Waals surface area contributed by atoms with Crippen LogP contribution in [-0.2, 0) is 20.1 Å². The maximum absolute atomic E-state index is 13.1. The third kappa shape index (κ3) is 5.78. The van der Waals surface area contributed by atoms with Crippen LogP contribution in [0, 0.1) is 11.3 Å². The predicted molar refractivity (Wildman–Crippen MR) is 136 cm³/mol. The summed E-state index contributed by atoms with van der Waals surface area (Å²) < 4.78 is 1.80. The highest BCUT2D eigenvalue weighted by Gasteiger charge is 2.18. The number of nitrogens with two attached hydrogens (primary N) is 1. The fourth-order valence-electron chi connectivity index (χ4n) is 3.75. The molecule has 0 spiro atoms. The molecule has 0 aliphatic heterocycles. The highest BCUT2D eigenvalue weighted by Crippen LogP contribution is 2.23. The number of hydrogen-bond acceptors (Lipinski definition) is 5. The van der Waals surface area contributed by atoms with Crippen molar-refractivity contribution in [3.8, 4) is 6.07 Å². The SMILES string of the molecule is Cn1cc(C(=O)NCc2ccc(Cl)cc2)c(=O)c2cc(C[NH2+]C[C@@H](O)c3ccc(C#N)cc3)sc21. The number of pyridine rings is 1. The first-order valence-corrected chi connectivity index (χ1v) is 12.2. The monoisotopic (exact) mass is 507 g/mol. The maximum Gasteiger partial charge on any atom is 0.257 e. The number of benzene rings is 2. The summed E-state index contributed by atoms with van der Waals surface area (Å²) in [5, 5.41) is 25.2. The van der Waals surface area contributed by atoms with E-state index in [0.717, 1.165) is 20.8 Å². The van der Waals surface area contributed by atoms with Crippen LogP contribution in [0.3, 0.4) is 0 Å². The molecule has 35 heavy (non-hydrogen) atoms. The van der Waals surface area contributed by atoms with Crippen molar-refractivity contribution < 1.29 is 15.2 Å². The number of quaternary nitrogens is 1. The second-order valence-electron chi connectivity index (χ2n) is 8.20. The zero-order valence-electron chi connectivity index (χ0n) is 19.0. The van der Waals surface area contributed by atoms with E-state index in [0.29, 0.717) is 35.6 Å². The summed E-state index contributed by atoms with van der Waals surface area (Å²) in [5.41, 5.74) is 1.98. The Balaban J connectivity index is 1.42. The van der Waals surface area contributed by atoms with Gasteiger partial charge in [-0.1, -0.05) is 35.9 Å². The van der Waals surface area contributed by atoms with Crippen molar-refractivity contribution in [3.05, 3.63) is 103 Å². The minimum absolute atomic E-state index is 0.0959. The molecule has 2 aromatic heterocycles. The largest absolute Gasteiger partial charge is 0.382 e. The van der Waals surface area contributed by atoms with Gasteiger partial charge in [0.25, 0.3) is 5.91 Å². The van der Waals surface area contributed by atoms with Gasteiger partial charge in [0.1, 0.15) is 29.6 Å². The summed E-state index contributed by atoms with van der Waals surface area (Å²) in [6.45, 7) is 1.32. The fourth-order valence-corrected chi connectivity index (χ4v) is 4.96. The van der Waals surface area contributed by atoms with Crippen LogP contribution in [0.1, 0.15) is 38.0 Å². The number of nitrogens with zero attached hydrogens (tertiary/aromatic N) is 2. The topological polar surface area (TPSA) is 112 Å². The van der Waals surface area contributed by atoms with Gasteiger partial charge in [-0.05, 0) is 41.5 Å². The molecule has 4 N–H and O–H groups in total. The quantitative estimate of drug-likeness (QED) is 0.340. The summed E-state index contributed by atoms with van der Waals surface area (Å²) >= 11 is 7.39. The Hall–Kier alpha value is -3.48. The summed E-state index contributed by atoms with van der Waals surface area (Å²) in [6, 6.07) is 17.9. The number of hydrogen-bond donors (Lipinski definition) is 3. The summed E-state index contributed by atoms with van der Waals surface area (Å²) in [7, 11) is 1.82. The lowest BCUT2D eigenvalue weighted by Crippen LogP contribution is -2.83. The van der Waals surface area contributed by atoms with Crippen LogP contribution >= 0.6 is 22.9 Å². The number of halogens is 1. The molecule has 1 atom stereocenters. The predicted octanol–water partition coefficient (Wildman–Crippen LogP) is 2.85. The van der Waals surface area contributed by atoms with Crippen LogP contribution in [0.2, 0.25) is 5.02 Å². The third-order valence-corrected chi connectivity index (χ3v) is 7.17. The van der Waals surface area contributed by atoms with Crippen molar-refractivity contribution in [2.75, 3.05) is 6.54 Å². The molecule has 7 nitrogen and oxygen atoms in total. The van der Waals surface area contributed by atoms with Gasteiger partial charge in [0.2, 0.25) is 5.43 Å². The van der Waals surface area contributed by atoms with E-state index in [1.807, 2.05) is 30.6 Å². The van der Waals surface area contributed by atoms with Crippen molar-refractivity contribution >= 4 is 39.1 Å². The van der Waals surface area contributed by atoms with E-state index in [-0.39, 0.29) is 11.0 Å². The Morgan fingerprint density at radius 1 is 1.23 bits per heavy atom. The first kappa shape index (κ1) is 24.6. The summed E-state index contributed by atoms with van der Waals surface area (Å²) in [5.74, 6) is -0.424. The van der Waals surface area contributed by atoms with Gasteiger partial charge in [-0.25, -0.2) is 0 Å². The highest BCUT2D eigenvalue weighted by molar-refractivity contribution is 7.18. The molecule has 0 radical (unpaired) electrons. The fraction of sp³-hybridized carbons (Fsp3) is 0.192. The van der Waals surface area contributed by atoms with Crippen molar-refractivity contribution in [2.24, 2.45) is 7.05 Å². The number of amides is 1. The van der Waals surface area contributed by atoms with E-state index in [2.05, 4.69) is 11.4 Å². The number of thiophene rings is 1. The van der Waals surface area contributed by atoms with E-state index in [1.54, 1.807) is 47.2 Å². The van der Waals surface area contributed by atoms with Crippen LogP contribution in [0.25, 0.3) is 10.2 Å². The van der Waals surface area contributed by atoms with Gasteiger partial charge in [0.15, 0.2) is 0 Å². The Labute approximate surface area is 211 Å². The second kappa shape index (κ2) is 10.8. The van der Waals surface area contributed by atoms with Crippen LogP contribution in [0.5, 0.6) is 0 Å². The van der Waals surface area contributed by atoms with Gasteiger partial charge in [-0.3, -0.25) is 9.59 Å². The zero-order chi connectivity index (χ0) is 24.9. The van der Waals surface area contributed by atoms with E-state index in [1.165, 1.54) is 11.3 Å². The molecule has 2 aromatic carbocycles. The minimum atomic E-state index is -0.667. The number of nitriles is 1. The van der Waals surface area contributed by atoms with Crippen LogP contribution < -0.4 is 16.1 Å². The van der Waals surface area contributed by atoms with Crippen molar-refractivity contribution in [2.45, 2.75) is 19.2 Å². The number of carbonyl (C=O) groups is 1. The van der Waals surface area contributed by atoms with Gasteiger partial charge in [0.05, 0.1) is 21.9 Å². The summed E-state index contributed by atoms with van der Waals surface area (Å²) in [6.07, 6.45) is 0.903. The molecule has 2 heterocycles. The number of aryl methyl sites for hydroxylation is 1. The number of rotatable bonds is 8. The van der Waals surface area contributed by atoms with E-state index < -0.39 is 12.0 Å². The van der Waals surface area contributed by atoms with E-state index in [9.17, 15) is 14.7 Å². The second-order valence-corrected chi connectivity index (χ2v) is 9.75. The lowest BCUT2D eigenvalue weighted by Gasteiger charge is -2.09. The molecule has 0 unspecified atom stereocenters. The average molecular weight is 508 g/mol. The number of carbonyl (C=O) groups excluding carboxylic acids is 1. The Kier molecular flexibility index (Phi) is 7.63. The van der Waals surface area contributed by atoms with Crippen molar-refractivity contribution in [1.82, 2.24) is 9.88 Å². The van der Waals surface area contributed by atoms with Crippen LogP contribution in [0.15, 0.2) is 65.6 Å². The molecule has 4 aromatic rings. The van der Waals surface area contributed by atoms with Crippen molar-refractivity contribution in [3.63, 3.8) is 0 Å². The Bertz CT molecular complexity index is 1450. The number of aliphatic hydroxyl groups is 1.